The van der Waals surface area contributed by atoms with Crippen LogP contribution < -0.4 is 0 Å². The van der Waals surface area contributed by atoms with Gasteiger partial charge in [0.15, 0.2) is 11.5 Å². The molecule has 78 valence electrons. The van der Waals surface area contributed by atoms with Gasteiger partial charge in [-0.25, -0.2) is 9.97 Å². The maximum atomic E-state index is 9.67. The van der Waals surface area contributed by atoms with Crippen molar-refractivity contribution in [3.63, 3.8) is 0 Å². The van der Waals surface area contributed by atoms with Gasteiger partial charge >= 0.3 is 0 Å². The van der Waals surface area contributed by atoms with E-state index < -0.39 is 0 Å². The van der Waals surface area contributed by atoms with Crippen molar-refractivity contribution in [2.24, 2.45) is 0 Å². The predicted molar refractivity (Wildman–Crippen MR) is 60.4 cm³/mol. The summed E-state index contributed by atoms with van der Waals surface area (Å²) in [5.41, 5.74) is 2.34. The highest BCUT2D eigenvalue weighted by Gasteiger charge is 2.08. The molecule has 0 aliphatic carbocycles. The van der Waals surface area contributed by atoms with Gasteiger partial charge in [0.05, 0.1) is 16.6 Å². The molecule has 0 saturated carbocycles. The van der Waals surface area contributed by atoms with Crippen LogP contribution >= 0.6 is 0 Å². The fraction of sp³-hybridized carbons (Fsp3) is 0. The van der Waals surface area contributed by atoms with Crippen LogP contribution in [-0.4, -0.2) is 20.2 Å². The summed E-state index contributed by atoms with van der Waals surface area (Å²) in [5.74, 6) is -0.409. The molecular weight excluding hydrogens is 204 g/mol. The average Bonchev–Trinajstić information content (AvgIpc) is 2.32. The molecule has 0 aliphatic rings. The number of benzene rings is 2. The van der Waals surface area contributed by atoms with E-state index in [4.69, 9.17) is 0 Å². The molecule has 0 radical (unpaired) electrons. The van der Waals surface area contributed by atoms with Gasteiger partial charge in [-0.3, -0.25) is 0 Å². The second-order valence-corrected chi connectivity index (χ2v) is 3.51. The molecule has 3 aromatic rings. The van der Waals surface area contributed by atoms with Crippen LogP contribution in [0.2, 0.25) is 0 Å². The number of phenolic OH excluding ortho intramolecular Hbond substituents is 2. The number of hydrogen-bond donors (Lipinski definition) is 2. The van der Waals surface area contributed by atoms with Crippen molar-refractivity contribution >= 4 is 22.1 Å². The second kappa shape index (κ2) is 3.06. The third-order valence-corrected chi connectivity index (χ3v) is 2.46. The first kappa shape index (κ1) is 8.91. The Hall–Kier alpha value is -2.36. The molecule has 0 atom stereocenters. The highest BCUT2D eigenvalue weighted by Crippen LogP contribution is 2.31. The first-order valence-corrected chi connectivity index (χ1v) is 4.83. The molecule has 0 bridgehead atoms. The highest BCUT2D eigenvalue weighted by atomic mass is 16.3. The lowest BCUT2D eigenvalue weighted by atomic mass is 10.2. The molecule has 0 fully saturated rings. The highest BCUT2D eigenvalue weighted by molar-refractivity contribution is 5.90. The molecule has 2 N–H and O–H groups in total. The SMILES string of the molecule is Oc1ccc2nc3ccccc3nc2c1O. The fourth-order valence-corrected chi connectivity index (χ4v) is 1.66. The molecule has 1 aromatic heterocycles. The van der Waals surface area contributed by atoms with Crippen LogP contribution in [0.4, 0.5) is 0 Å². The van der Waals surface area contributed by atoms with E-state index in [1.54, 1.807) is 6.07 Å². The van der Waals surface area contributed by atoms with Gasteiger partial charge in [0.1, 0.15) is 5.52 Å². The van der Waals surface area contributed by atoms with Gasteiger partial charge in [-0.05, 0) is 24.3 Å². The second-order valence-electron chi connectivity index (χ2n) is 3.51. The zero-order chi connectivity index (χ0) is 11.1. The summed E-state index contributed by atoms with van der Waals surface area (Å²) in [6.07, 6.45) is 0. The van der Waals surface area contributed by atoms with Crippen molar-refractivity contribution in [2.75, 3.05) is 0 Å². The molecule has 1 heterocycles. The summed E-state index contributed by atoms with van der Waals surface area (Å²) in [6, 6.07) is 10.4. The van der Waals surface area contributed by atoms with Crippen molar-refractivity contribution in [2.45, 2.75) is 0 Å². The molecular formula is C12H8N2O2. The largest absolute Gasteiger partial charge is 0.504 e. The van der Waals surface area contributed by atoms with Crippen molar-refractivity contribution in [1.82, 2.24) is 9.97 Å². The summed E-state index contributed by atoms with van der Waals surface area (Å²) in [6.45, 7) is 0. The average molecular weight is 212 g/mol. The summed E-state index contributed by atoms with van der Waals surface area (Å²) in [7, 11) is 0. The molecule has 4 heteroatoms. The van der Waals surface area contributed by atoms with Gasteiger partial charge in [0, 0.05) is 0 Å². The van der Waals surface area contributed by atoms with Gasteiger partial charge in [-0.15, -0.1) is 0 Å². The van der Waals surface area contributed by atoms with Crippen LogP contribution in [0.3, 0.4) is 0 Å². The van der Waals surface area contributed by atoms with Crippen molar-refractivity contribution < 1.29 is 10.2 Å². The summed E-state index contributed by atoms with van der Waals surface area (Å²) in [5, 5.41) is 19.0. The Morgan fingerprint density at radius 3 is 2.19 bits per heavy atom. The summed E-state index contributed by atoms with van der Waals surface area (Å²) >= 11 is 0. The first-order chi connectivity index (χ1) is 7.75. The first-order valence-electron chi connectivity index (χ1n) is 4.83. The van der Waals surface area contributed by atoms with Crippen LogP contribution in [0.1, 0.15) is 0 Å². The number of fused-ring (bicyclic) bond motifs is 2. The van der Waals surface area contributed by atoms with Crippen LogP contribution in [0.5, 0.6) is 11.5 Å². The van der Waals surface area contributed by atoms with E-state index in [0.717, 1.165) is 5.52 Å². The van der Waals surface area contributed by atoms with Crippen LogP contribution in [0.15, 0.2) is 36.4 Å². The number of aromatic nitrogens is 2. The monoisotopic (exact) mass is 212 g/mol. The number of aromatic hydroxyl groups is 2. The van der Waals surface area contributed by atoms with Crippen molar-refractivity contribution in [1.29, 1.82) is 0 Å². The minimum atomic E-state index is -0.226. The number of rotatable bonds is 0. The Bertz CT molecular complexity index is 695. The lowest BCUT2D eigenvalue weighted by Gasteiger charge is -2.03. The maximum absolute atomic E-state index is 9.67. The van der Waals surface area contributed by atoms with E-state index in [1.165, 1.54) is 6.07 Å². The van der Waals surface area contributed by atoms with Crippen LogP contribution in [-0.2, 0) is 0 Å². The van der Waals surface area contributed by atoms with E-state index in [0.29, 0.717) is 16.6 Å². The molecule has 0 aliphatic heterocycles. The third kappa shape index (κ3) is 1.16. The van der Waals surface area contributed by atoms with Crippen molar-refractivity contribution in [3.05, 3.63) is 36.4 Å². The number of para-hydroxylation sites is 2. The molecule has 2 aromatic carbocycles. The standard InChI is InChI=1S/C12H8N2O2/c15-10-6-5-9-11(12(10)16)14-8-4-2-1-3-7(8)13-9/h1-6,15-16H. The number of phenols is 2. The van der Waals surface area contributed by atoms with E-state index >= 15 is 0 Å². The minimum absolute atomic E-state index is 0.183. The Kier molecular flexibility index (Phi) is 1.71. The van der Waals surface area contributed by atoms with Gasteiger partial charge in [-0.2, -0.15) is 0 Å². The topological polar surface area (TPSA) is 66.2 Å². The van der Waals surface area contributed by atoms with E-state index in [9.17, 15) is 10.2 Å². The minimum Gasteiger partial charge on any atom is -0.504 e. The Balaban J connectivity index is 2.51. The maximum Gasteiger partial charge on any atom is 0.186 e. The predicted octanol–water partition coefficient (Wildman–Crippen LogP) is 2.19. The van der Waals surface area contributed by atoms with Gasteiger partial charge in [-0.1, -0.05) is 12.1 Å². The Morgan fingerprint density at radius 2 is 1.44 bits per heavy atom. The Labute approximate surface area is 90.8 Å². The van der Waals surface area contributed by atoms with E-state index in [1.807, 2.05) is 24.3 Å². The molecule has 16 heavy (non-hydrogen) atoms. The number of hydrogen-bond acceptors (Lipinski definition) is 4. The van der Waals surface area contributed by atoms with Crippen LogP contribution in [0, 0.1) is 0 Å². The molecule has 0 unspecified atom stereocenters. The molecule has 3 rings (SSSR count). The molecule has 4 nitrogen and oxygen atoms in total. The smallest absolute Gasteiger partial charge is 0.186 e. The van der Waals surface area contributed by atoms with E-state index in [-0.39, 0.29) is 11.5 Å². The number of nitrogens with zero attached hydrogens (tertiary/aromatic N) is 2. The van der Waals surface area contributed by atoms with Gasteiger partial charge < -0.3 is 10.2 Å². The summed E-state index contributed by atoms with van der Waals surface area (Å²) < 4.78 is 0. The quantitative estimate of drug-likeness (QED) is 0.443. The van der Waals surface area contributed by atoms with Crippen molar-refractivity contribution in [3.8, 4) is 11.5 Å². The lowest BCUT2D eigenvalue weighted by molar-refractivity contribution is 0.407. The molecule has 0 amide bonds. The molecule has 0 saturated heterocycles. The van der Waals surface area contributed by atoms with Gasteiger partial charge in [0.25, 0.3) is 0 Å². The van der Waals surface area contributed by atoms with Crippen LogP contribution in [0.25, 0.3) is 22.1 Å². The fourth-order valence-electron chi connectivity index (χ4n) is 1.66. The third-order valence-electron chi connectivity index (χ3n) is 2.46. The van der Waals surface area contributed by atoms with Gasteiger partial charge in [0.2, 0.25) is 0 Å². The normalized spacial score (nSPS) is 11.0. The molecule has 0 spiro atoms. The lowest BCUT2D eigenvalue weighted by Crippen LogP contribution is -1.87. The summed E-state index contributed by atoms with van der Waals surface area (Å²) in [4.78, 5) is 8.61. The Morgan fingerprint density at radius 1 is 0.750 bits per heavy atom. The zero-order valence-electron chi connectivity index (χ0n) is 8.25. The van der Waals surface area contributed by atoms with E-state index in [2.05, 4.69) is 9.97 Å². The zero-order valence-corrected chi connectivity index (χ0v) is 8.25.